The third-order valence-corrected chi connectivity index (χ3v) is 4.87. The number of aromatic nitrogens is 3. The van der Waals surface area contributed by atoms with Crippen molar-refractivity contribution in [1.29, 1.82) is 0 Å². The Kier molecular flexibility index (Phi) is 5.40. The minimum Gasteiger partial charge on any atom is -0.491 e. The molecular weight excluding hydrogens is 329 g/mol. The van der Waals surface area contributed by atoms with Gasteiger partial charge >= 0.3 is 0 Å². The van der Waals surface area contributed by atoms with E-state index in [4.69, 9.17) is 4.74 Å². The zero-order valence-electron chi connectivity index (χ0n) is 13.9. The van der Waals surface area contributed by atoms with E-state index in [1.165, 1.54) is 36.7 Å². The van der Waals surface area contributed by atoms with E-state index in [1.807, 2.05) is 0 Å². The van der Waals surface area contributed by atoms with Crippen LogP contribution in [0, 0.1) is 5.82 Å². The summed E-state index contributed by atoms with van der Waals surface area (Å²) in [4.78, 5) is 0. The van der Waals surface area contributed by atoms with Crippen molar-refractivity contribution in [3.63, 3.8) is 0 Å². The van der Waals surface area contributed by atoms with Crippen LogP contribution < -0.4 is 4.74 Å². The van der Waals surface area contributed by atoms with E-state index in [0.29, 0.717) is 23.5 Å². The number of halogens is 1. The molecule has 5 nitrogen and oxygen atoms in total. The second kappa shape index (κ2) is 7.53. The molecule has 3 rings (SSSR count). The van der Waals surface area contributed by atoms with Crippen molar-refractivity contribution in [3.8, 4) is 5.75 Å². The Hall–Kier alpha value is -1.60. The minimum atomic E-state index is -0.632. The van der Waals surface area contributed by atoms with Crippen LogP contribution >= 0.6 is 11.8 Å². The topological polar surface area (TPSA) is 60.2 Å². The normalized spacial score (nSPS) is 15.7. The molecule has 1 saturated carbocycles. The molecule has 0 spiro atoms. The van der Waals surface area contributed by atoms with Gasteiger partial charge in [-0.3, -0.25) is 0 Å². The summed E-state index contributed by atoms with van der Waals surface area (Å²) in [7, 11) is 0. The van der Waals surface area contributed by atoms with Crippen LogP contribution in [-0.4, -0.2) is 38.3 Å². The molecule has 0 bridgehead atoms. The lowest BCUT2D eigenvalue weighted by Crippen LogP contribution is -2.20. The van der Waals surface area contributed by atoms with E-state index >= 15 is 0 Å². The highest BCUT2D eigenvalue weighted by Gasteiger charge is 2.30. The maximum absolute atomic E-state index is 12.8. The molecule has 130 valence electrons. The summed E-state index contributed by atoms with van der Waals surface area (Å²) in [5, 5.41) is 19.6. The van der Waals surface area contributed by atoms with E-state index in [2.05, 4.69) is 28.6 Å². The van der Waals surface area contributed by atoms with Crippen molar-refractivity contribution in [2.24, 2.45) is 0 Å². The molecule has 1 N–H and O–H groups in total. The van der Waals surface area contributed by atoms with Crippen LogP contribution in [0.15, 0.2) is 29.4 Å². The Morgan fingerprint density at radius 1 is 1.29 bits per heavy atom. The Morgan fingerprint density at radius 3 is 2.62 bits per heavy atom. The lowest BCUT2D eigenvalue weighted by Gasteiger charge is -2.13. The van der Waals surface area contributed by atoms with Gasteiger partial charge in [0.2, 0.25) is 0 Å². The van der Waals surface area contributed by atoms with Crippen molar-refractivity contribution in [1.82, 2.24) is 14.8 Å². The monoisotopic (exact) mass is 351 g/mol. The molecular formula is C17H22FN3O2S. The summed E-state index contributed by atoms with van der Waals surface area (Å²) in [6.45, 7) is 4.39. The first-order chi connectivity index (χ1) is 11.5. The molecule has 0 aliphatic heterocycles. The summed E-state index contributed by atoms with van der Waals surface area (Å²) in [5.74, 6) is 2.06. The van der Waals surface area contributed by atoms with Gasteiger partial charge in [-0.2, -0.15) is 0 Å². The third-order valence-electron chi connectivity index (χ3n) is 3.78. The van der Waals surface area contributed by atoms with Crippen LogP contribution in [0.2, 0.25) is 0 Å². The van der Waals surface area contributed by atoms with E-state index in [-0.39, 0.29) is 12.4 Å². The number of aliphatic hydroxyl groups is 1. The minimum absolute atomic E-state index is 0.160. The molecule has 1 fully saturated rings. The van der Waals surface area contributed by atoms with Crippen molar-refractivity contribution >= 4 is 11.8 Å². The molecule has 1 heterocycles. The molecule has 0 saturated heterocycles. The van der Waals surface area contributed by atoms with E-state index in [0.717, 1.165) is 11.0 Å². The van der Waals surface area contributed by atoms with Gasteiger partial charge in [-0.1, -0.05) is 25.6 Å². The van der Waals surface area contributed by atoms with Crippen molar-refractivity contribution < 1.29 is 14.2 Å². The molecule has 24 heavy (non-hydrogen) atoms. The number of aliphatic hydroxyl groups excluding tert-OH is 1. The molecule has 1 aromatic carbocycles. The summed E-state index contributed by atoms with van der Waals surface area (Å²) >= 11 is 1.50. The van der Waals surface area contributed by atoms with Crippen LogP contribution in [0.25, 0.3) is 0 Å². The van der Waals surface area contributed by atoms with Gasteiger partial charge in [0.25, 0.3) is 0 Å². The Balaban J connectivity index is 1.53. The second-order valence-electron chi connectivity index (χ2n) is 6.33. The Labute approximate surface area is 145 Å². The first-order valence-corrected chi connectivity index (χ1v) is 9.17. The fourth-order valence-electron chi connectivity index (χ4n) is 2.40. The molecule has 1 aliphatic rings. The Morgan fingerprint density at radius 2 is 2.00 bits per heavy atom. The molecule has 2 aromatic rings. The van der Waals surface area contributed by atoms with E-state index in [9.17, 15) is 9.50 Å². The van der Waals surface area contributed by atoms with Crippen LogP contribution in [0.5, 0.6) is 5.75 Å². The van der Waals surface area contributed by atoms with Crippen LogP contribution in [0.1, 0.15) is 44.5 Å². The van der Waals surface area contributed by atoms with E-state index < -0.39 is 6.10 Å². The van der Waals surface area contributed by atoms with Gasteiger partial charge < -0.3 is 14.4 Å². The first-order valence-electron chi connectivity index (χ1n) is 8.18. The lowest BCUT2D eigenvalue weighted by molar-refractivity contribution is 0.126. The highest BCUT2D eigenvalue weighted by molar-refractivity contribution is 7.99. The third kappa shape index (κ3) is 4.27. The van der Waals surface area contributed by atoms with Gasteiger partial charge in [-0.15, -0.1) is 10.2 Å². The van der Waals surface area contributed by atoms with Crippen molar-refractivity contribution in [2.75, 3.05) is 12.4 Å². The zero-order valence-corrected chi connectivity index (χ0v) is 14.7. The number of thioether (sulfide) groups is 1. The number of benzene rings is 1. The largest absolute Gasteiger partial charge is 0.491 e. The predicted octanol–water partition coefficient (Wildman–Crippen LogP) is 3.41. The van der Waals surface area contributed by atoms with Crippen LogP contribution in [-0.2, 0) is 0 Å². The molecule has 0 amide bonds. The van der Waals surface area contributed by atoms with Gasteiger partial charge in [0, 0.05) is 17.7 Å². The van der Waals surface area contributed by atoms with Crippen molar-refractivity contribution in [3.05, 3.63) is 35.9 Å². The van der Waals surface area contributed by atoms with Gasteiger partial charge in [-0.25, -0.2) is 4.39 Å². The summed E-state index contributed by atoms with van der Waals surface area (Å²) in [5.41, 5.74) is 0. The number of hydrogen-bond donors (Lipinski definition) is 1. The van der Waals surface area contributed by atoms with Gasteiger partial charge in [0.15, 0.2) is 5.16 Å². The van der Waals surface area contributed by atoms with Gasteiger partial charge in [-0.05, 0) is 37.1 Å². The molecule has 0 radical (unpaired) electrons. The number of hydrogen-bond acceptors (Lipinski definition) is 5. The zero-order chi connectivity index (χ0) is 17.1. The quantitative estimate of drug-likeness (QED) is 0.739. The van der Waals surface area contributed by atoms with Crippen molar-refractivity contribution in [2.45, 2.75) is 49.9 Å². The van der Waals surface area contributed by atoms with Crippen LogP contribution in [0.3, 0.4) is 0 Å². The average molecular weight is 351 g/mol. The molecule has 0 unspecified atom stereocenters. The Bertz CT molecular complexity index is 671. The highest BCUT2D eigenvalue weighted by atomic mass is 32.2. The molecule has 1 aliphatic carbocycles. The fraction of sp³-hybridized carbons (Fsp3) is 0.529. The predicted molar refractivity (Wildman–Crippen MR) is 91.0 cm³/mol. The van der Waals surface area contributed by atoms with E-state index in [1.54, 1.807) is 12.1 Å². The SMILES string of the molecule is CC(C)c1nnc(SC[C@@H](O)COc2ccc(F)cc2)n1C1CC1. The number of rotatable bonds is 8. The maximum Gasteiger partial charge on any atom is 0.191 e. The fourth-order valence-corrected chi connectivity index (χ4v) is 3.32. The van der Waals surface area contributed by atoms with Gasteiger partial charge in [0.1, 0.15) is 24.0 Å². The highest BCUT2D eigenvalue weighted by Crippen LogP contribution is 2.40. The lowest BCUT2D eigenvalue weighted by atomic mass is 10.2. The van der Waals surface area contributed by atoms with Crippen LogP contribution in [0.4, 0.5) is 4.39 Å². The molecule has 1 aromatic heterocycles. The standard InChI is InChI=1S/C17H22FN3O2S/c1-11(2)16-19-20-17(21(16)13-5-6-13)24-10-14(22)9-23-15-7-3-12(18)4-8-15/h3-4,7-8,11,13-14,22H,5-6,9-10H2,1-2H3/t14-/m0/s1. The molecule has 7 heteroatoms. The number of nitrogens with zero attached hydrogens (tertiary/aromatic N) is 3. The number of ether oxygens (including phenoxy) is 1. The summed E-state index contributed by atoms with van der Waals surface area (Å²) < 4.78 is 20.5. The smallest absolute Gasteiger partial charge is 0.191 e. The average Bonchev–Trinajstić information content (AvgIpc) is 3.31. The summed E-state index contributed by atoms with van der Waals surface area (Å²) in [6.07, 6.45) is 1.70. The van der Waals surface area contributed by atoms with Gasteiger partial charge in [0.05, 0.1) is 6.10 Å². The second-order valence-corrected chi connectivity index (χ2v) is 7.31. The molecule has 1 atom stereocenters. The maximum atomic E-state index is 12.8. The summed E-state index contributed by atoms with van der Waals surface area (Å²) in [6, 6.07) is 6.28. The first kappa shape index (κ1) is 17.2.